The molecule has 11 aromatic rings. The summed E-state index contributed by atoms with van der Waals surface area (Å²) in [4.78, 5) is 12.7. The molecule has 5 heterocycles. The van der Waals surface area contributed by atoms with Crippen LogP contribution >= 0.6 is 11.8 Å². The van der Waals surface area contributed by atoms with Crippen molar-refractivity contribution in [3.05, 3.63) is 206 Å². The predicted octanol–water partition coefficient (Wildman–Crippen LogP) is 10.3. The normalized spacial score (nSPS) is 13.7. The Bertz CT molecular complexity index is 3420. The largest absolute Gasteiger partial charge is 0.299 e. The van der Waals surface area contributed by atoms with Crippen LogP contribution in [-0.2, 0) is 5.41 Å². The first-order chi connectivity index (χ1) is 29.0. The van der Waals surface area contributed by atoms with Gasteiger partial charge in [-0.05, 0) is 73.7 Å². The first-order valence-corrected chi connectivity index (χ1v) is 23.0. The highest BCUT2D eigenvalue weighted by Crippen LogP contribution is 2.52. The van der Waals surface area contributed by atoms with Crippen LogP contribution in [0.4, 0.5) is 0 Å². The monoisotopic (exact) mass is 790 g/mol. The SMILES string of the molecule is CC1(C)c2ccccc2Sc2c1ccc1c3cccnc3n(-c3cccc([Si](c4ccccc4)(c4ccccc4)c4ccc5c6ccccc6n6ccnc6c5c4)c3)c21. The van der Waals surface area contributed by atoms with Gasteiger partial charge in [-0.15, -0.1) is 0 Å². The molecule has 1 aliphatic heterocycles. The van der Waals surface area contributed by atoms with Crippen molar-refractivity contribution in [2.45, 2.75) is 29.1 Å². The highest BCUT2D eigenvalue weighted by Gasteiger charge is 2.42. The Morgan fingerprint density at radius 3 is 2.00 bits per heavy atom. The minimum absolute atomic E-state index is 0.160. The van der Waals surface area contributed by atoms with Gasteiger partial charge in [0.05, 0.1) is 11.0 Å². The predicted molar refractivity (Wildman–Crippen MR) is 249 cm³/mol. The Hall–Kier alpha value is -6.73. The summed E-state index contributed by atoms with van der Waals surface area (Å²) in [6.07, 6.45) is 5.94. The molecule has 0 bridgehead atoms. The lowest BCUT2D eigenvalue weighted by atomic mass is 9.77. The van der Waals surface area contributed by atoms with Gasteiger partial charge in [0.1, 0.15) is 11.3 Å². The van der Waals surface area contributed by atoms with Crippen molar-refractivity contribution in [1.29, 1.82) is 0 Å². The molecule has 0 unspecified atom stereocenters. The number of hydrogen-bond donors (Lipinski definition) is 0. The van der Waals surface area contributed by atoms with Crippen LogP contribution in [-0.4, -0.2) is 27.0 Å². The first-order valence-electron chi connectivity index (χ1n) is 20.2. The van der Waals surface area contributed by atoms with Crippen molar-refractivity contribution in [2.75, 3.05) is 0 Å². The van der Waals surface area contributed by atoms with Gasteiger partial charge in [-0.1, -0.05) is 165 Å². The van der Waals surface area contributed by atoms with E-state index in [-0.39, 0.29) is 5.41 Å². The molecule has 6 heteroatoms. The smallest absolute Gasteiger partial charge is 0.179 e. The van der Waals surface area contributed by atoms with Crippen molar-refractivity contribution in [3.63, 3.8) is 0 Å². The molecule has 59 heavy (non-hydrogen) atoms. The fourth-order valence-corrected chi connectivity index (χ4v) is 16.5. The zero-order valence-electron chi connectivity index (χ0n) is 32.7. The molecule has 4 nitrogen and oxygen atoms in total. The van der Waals surface area contributed by atoms with Gasteiger partial charge in [-0.3, -0.25) is 8.97 Å². The van der Waals surface area contributed by atoms with Gasteiger partial charge >= 0.3 is 0 Å². The lowest BCUT2D eigenvalue weighted by molar-refractivity contribution is 0.609. The van der Waals surface area contributed by atoms with Crippen LogP contribution in [0.3, 0.4) is 0 Å². The van der Waals surface area contributed by atoms with E-state index in [0.717, 1.165) is 33.3 Å². The summed E-state index contributed by atoms with van der Waals surface area (Å²) in [5.74, 6) is 0. The van der Waals surface area contributed by atoms with Gasteiger partial charge in [-0.2, -0.15) is 0 Å². The summed E-state index contributed by atoms with van der Waals surface area (Å²) < 4.78 is 4.68. The average Bonchev–Trinajstić information content (AvgIpc) is 3.92. The van der Waals surface area contributed by atoms with E-state index in [0.29, 0.717) is 0 Å². The molecule has 0 radical (unpaired) electrons. The van der Waals surface area contributed by atoms with Crippen LogP contribution < -0.4 is 20.7 Å². The standard InChI is InChI=1S/C53H38N4SSi/c1-53(2)45-23-10-12-25-48(45)58-50-46(53)29-28-42-43-22-14-30-54-52(43)57(49(42)50)35-15-13-20-38(33-35)59(36-16-5-3-6-17-36,37-18-7-4-8-19-37)39-26-27-40-41-21-9-11-24-47(41)56-32-31-55-51(56)44(40)34-39/h3-34H,1-2H3. The molecular formula is C53H38N4SSi. The Balaban J connectivity index is 1.18. The number of rotatable bonds is 5. The van der Waals surface area contributed by atoms with Gasteiger partial charge in [-0.25, -0.2) is 9.97 Å². The third-order valence-electron chi connectivity index (χ3n) is 12.8. The maximum absolute atomic E-state index is 5.13. The molecule has 0 amide bonds. The van der Waals surface area contributed by atoms with Crippen molar-refractivity contribution in [1.82, 2.24) is 18.9 Å². The lowest BCUT2D eigenvalue weighted by Crippen LogP contribution is -2.74. The van der Waals surface area contributed by atoms with Gasteiger partial charge in [0.2, 0.25) is 0 Å². The zero-order chi connectivity index (χ0) is 39.3. The van der Waals surface area contributed by atoms with E-state index in [1.807, 2.05) is 24.2 Å². The summed E-state index contributed by atoms with van der Waals surface area (Å²) in [5, 5.41) is 11.2. The van der Waals surface area contributed by atoms with E-state index in [4.69, 9.17) is 9.97 Å². The molecule has 0 atom stereocenters. The van der Waals surface area contributed by atoms with E-state index in [9.17, 15) is 0 Å². The number of imidazole rings is 1. The van der Waals surface area contributed by atoms with E-state index < -0.39 is 8.07 Å². The van der Waals surface area contributed by atoms with Crippen molar-refractivity contribution in [2.24, 2.45) is 0 Å². The molecular weight excluding hydrogens is 753 g/mol. The third-order valence-corrected chi connectivity index (χ3v) is 18.8. The number of hydrogen-bond acceptors (Lipinski definition) is 3. The Labute approximate surface area is 347 Å². The summed E-state index contributed by atoms with van der Waals surface area (Å²) in [7, 11) is -3.01. The second-order valence-corrected chi connectivity index (χ2v) is 21.1. The van der Waals surface area contributed by atoms with Crippen LogP contribution in [0.2, 0.25) is 0 Å². The second-order valence-electron chi connectivity index (χ2n) is 16.2. The number of fused-ring (bicyclic) bond motifs is 12. The summed E-state index contributed by atoms with van der Waals surface area (Å²) >= 11 is 1.89. The van der Waals surface area contributed by atoms with Crippen LogP contribution in [0.25, 0.3) is 54.9 Å². The number of para-hydroxylation sites is 1. The van der Waals surface area contributed by atoms with Crippen molar-refractivity contribution >= 4 is 89.8 Å². The Kier molecular flexibility index (Phi) is 7.50. The summed E-state index contributed by atoms with van der Waals surface area (Å²) in [6, 6.07) is 65.6. The maximum Gasteiger partial charge on any atom is 0.179 e. The minimum Gasteiger partial charge on any atom is -0.299 e. The highest BCUT2D eigenvalue weighted by atomic mass is 32.2. The molecule has 0 aliphatic carbocycles. The molecule has 0 saturated heterocycles. The molecule has 280 valence electrons. The van der Waals surface area contributed by atoms with Crippen LogP contribution in [0, 0.1) is 0 Å². The topological polar surface area (TPSA) is 35.1 Å². The summed E-state index contributed by atoms with van der Waals surface area (Å²) in [6.45, 7) is 4.73. The van der Waals surface area contributed by atoms with Gasteiger partial charge in [0.15, 0.2) is 8.07 Å². The van der Waals surface area contributed by atoms with Crippen LogP contribution in [0.1, 0.15) is 25.0 Å². The highest BCUT2D eigenvalue weighted by molar-refractivity contribution is 7.99. The Morgan fingerprint density at radius 1 is 0.492 bits per heavy atom. The average molecular weight is 791 g/mol. The fraction of sp³-hybridized carbons (Fsp3) is 0.0566. The summed E-state index contributed by atoms with van der Waals surface area (Å²) in [5.41, 5.74) is 7.99. The van der Waals surface area contributed by atoms with Crippen LogP contribution in [0.5, 0.6) is 0 Å². The van der Waals surface area contributed by atoms with Gasteiger partial charge in [0, 0.05) is 61.0 Å². The molecule has 4 aromatic heterocycles. The number of pyridine rings is 2. The van der Waals surface area contributed by atoms with Crippen molar-refractivity contribution < 1.29 is 0 Å². The van der Waals surface area contributed by atoms with E-state index >= 15 is 0 Å². The molecule has 0 N–H and O–H groups in total. The maximum atomic E-state index is 5.13. The van der Waals surface area contributed by atoms with Gasteiger partial charge in [0.25, 0.3) is 0 Å². The van der Waals surface area contributed by atoms with Gasteiger partial charge < -0.3 is 0 Å². The Morgan fingerprint density at radius 2 is 1.17 bits per heavy atom. The number of aromatic nitrogens is 4. The number of benzene rings is 7. The molecule has 1 aliphatic rings. The molecule has 12 rings (SSSR count). The van der Waals surface area contributed by atoms with E-state index in [2.05, 4.69) is 205 Å². The quantitative estimate of drug-likeness (QED) is 0.0990. The molecule has 7 aromatic carbocycles. The van der Waals surface area contributed by atoms with E-state index in [1.54, 1.807) is 0 Å². The lowest BCUT2D eigenvalue weighted by Gasteiger charge is -2.35. The van der Waals surface area contributed by atoms with Crippen molar-refractivity contribution in [3.8, 4) is 5.69 Å². The molecule has 0 fully saturated rings. The number of nitrogens with zero attached hydrogens (tertiary/aromatic N) is 4. The van der Waals surface area contributed by atoms with Crippen LogP contribution in [0.15, 0.2) is 204 Å². The first kappa shape index (κ1) is 34.3. The molecule has 0 saturated carbocycles. The zero-order valence-corrected chi connectivity index (χ0v) is 34.5. The third kappa shape index (κ3) is 4.84. The fourth-order valence-electron chi connectivity index (χ4n) is 10.1. The van der Waals surface area contributed by atoms with E-state index in [1.165, 1.54) is 63.3 Å². The second kappa shape index (κ2) is 12.9. The molecule has 0 spiro atoms. The minimum atomic E-state index is -3.01.